The molecule has 0 radical (unpaired) electrons. The number of hydrogen-bond donors (Lipinski definition) is 0. The molecule has 3 aromatic carbocycles. The third-order valence-electron chi connectivity index (χ3n) is 6.71. The highest BCUT2D eigenvalue weighted by atomic mass is 35.5. The molecule has 0 atom stereocenters. The van der Waals surface area contributed by atoms with Gasteiger partial charge in [0.15, 0.2) is 0 Å². The highest BCUT2D eigenvalue weighted by Gasteiger charge is 2.18. The minimum atomic E-state index is -1.25. The molecule has 0 saturated heterocycles. The van der Waals surface area contributed by atoms with E-state index in [1.807, 2.05) is 59.2 Å². The summed E-state index contributed by atoms with van der Waals surface area (Å²) in [4.78, 5) is 17.1. The van der Waals surface area contributed by atoms with Crippen molar-refractivity contribution in [3.05, 3.63) is 95.3 Å². The van der Waals surface area contributed by atoms with Crippen molar-refractivity contribution in [3.8, 4) is 22.8 Å². The van der Waals surface area contributed by atoms with Gasteiger partial charge in [-0.05, 0) is 66.1 Å². The van der Waals surface area contributed by atoms with Crippen LogP contribution in [0.1, 0.15) is 22.8 Å². The zero-order valence-corrected chi connectivity index (χ0v) is 26.1. The molecule has 10 heteroatoms. The van der Waals surface area contributed by atoms with Crippen LogP contribution in [0, 0.1) is 0 Å². The lowest BCUT2D eigenvalue weighted by Gasteiger charge is -2.16. The van der Waals surface area contributed by atoms with E-state index in [4.69, 9.17) is 30.8 Å². The van der Waals surface area contributed by atoms with Gasteiger partial charge in [0, 0.05) is 25.9 Å². The van der Waals surface area contributed by atoms with Crippen LogP contribution in [0.5, 0.6) is 5.75 Å². The largest absolute Gasteiger partial charge is 0.489 e. The summed E-state index contributed by atoms with van der Waals surface area (Å²) in [6.45, 7) is 10.4. The maximum absolute atomic E-state index is 12.3. The highest BCUT2D eigenvalue weighted by molar-refractivity contribution is 6.76. The SMILES string of the molecule is CCOC(=O)c1cnn(-c2nc3ccc(-c4cccc(OCc5cccc(Cl)c5)c4)cc3n2COCC[Si](C)(C)C)c1. The molecule has 5 aromatic rings. The number of carbonyl (C=O) groups excluding carboxylic acids is 1. The Morgan fingerprint density at radius 3 is 2.60 bits per heavy atom. The molecule has 0 fully saturated rings. The van der Waals surface area contributed by atoms with Gasteiger partial charge in [-0.25, -0.2) is 14.5 Å². The van der Waals surface area contributed by atoms with Gasteiger partial charge in [-0.15, -0.1) is 0 Å². The Labute approximate surface area is 251 Å². The topological polar surface area (TPSA) is 80.4 Å². The maximum Gasteiger partial charge on any atom is 0.341 e. The summed E-state index contributed by atoms with van der Waals surface area (Å²) in [5.41, 5.74) is 5.09. The van der Waals surface area contributed by atoms with Gasteiger partial charge in [-0.3, -0.25) is 4.57 Å². The Hall–Kier alpha value is -3.92. The molecular weight excluding hydrogens is 568 g/mol. The number of nitrogens with zero attached hydrogens (tertiary/aromatic N) is 4. The van der Waals surface area contributed by atoms with E-state index in [0.29, 0.717) is 43.1 Å². The van der Waals surface area contributed by atoms with Crippen molar-refractivity contribution in [1.82, 2.24) is 19.3 Å². The highest BCUT2D eigenvalue weighted by Crippen LogP contribution is 2.29. The van der Waals surface area contributed by atoms with Crippen molar-refractivity contribution in [3.63, 3.8) is 0 Å². The fraction of sp³-hybridized carbons (Fsp3) is 0.281. The average Bonchev–Trinajstić information content (AvgIpc) is 3.59. The Morgan fingerprint density at radius 1 is 1.00 bits per heavy atom. The summed E-state index contributed by atoms with van der Waals surface area (Å²) in [5, 5.41) is 5.10. The minimum Gasteiger partial charge on any atom is -0.489 e. The maximum atomic E-state index is 12.3. The number of ether oxygens (including phenoxy) is 3. The molecule has 0 bridgehead atoms. The second-order valence-electron chi connectivity index (χ2n) is 11.2. The van der Waals surface area contributed by atoms with E-state index in [0.717, 1.165) is 39.5 Å². The number of rotatable bonds is 12. The van der Waals surface area contributed by atoms with Crippen molar-refractivity contribution in [1.29, 1.82) is 0 Å². The molecule has 2 heterocycles. The van der Waals surface area contributed by atoms with Crippen LogP contribution in [0.4, 0.5) is 0 Å². The van der Waals surface area contributed by atoms with Crippen LogP contribution < -0.4 is 4.74 Å². The normalized spacial score (nSPS) is 11.6. The van der Waals surface area contributed by atoms with Crippen LogP contribution in [-0.4, -0.2) is 46.6 Å². The smallest absolute Gasteiger partial charge is 0.341 e. The summed E-state index contributed by atoms with van der Waals surface area (Å²) in [6.07, 6.45) is 3.13. The zero-order chi connectivity index (χ0) is 29.7. The Bertz CT molecular complexity index is 1690. The second-order valence-corrected chi connectivity index (χ2v) is 17.3. The Morgan fingerprint density at radius 2 is 1.81 bits per heavy atom. The van der Waals surface area contributed by atoms with E-state index in [9.17, 15) is 4.79 Å². The van der Waals surface area contributed by atoms with E-state index in [1.54, 1.807) is 17.8 Å². The van der Waals surface area contributed by atoms with E-state index >= 15 is 0 Å². The minimum absolute atomic E-state index is 0.295. The van der Waals surface area contributed by atoms with E-state index in [2.05, 4.69) is 36.9 Å². The van der Waals surface area contributed by atoms with E-state index in [1.165, 1.54) is 6.20 Å². The van der Waals surface area contributed by atoms with Crippen molar-refractivity contribution in [2.24, 2.45) is 0 Å². The van der Waals surface area contributed by atoms with Gasteiger partial charge in [-0.1, -0.05) is 61.6 Å². The van der Waals surface area contributed by atoms with Crippen LogP contribution in [0.25, 0.3) is 28.1 Å². The van der Waals surface area contributed by atoms with Crippen molar-refractivity contribution < 1.29 is 19.0 Å². The number of esters is 1. The Kier molecular flexibility index (Phi) is 9.11. The van der Waals surface area contributed by atoms with E-state index < -0.39 is 14.0 Å². The van der Waals surface area contributed by atoms with Crippen molar-refractivity contribution in [2.75, 3.05) is 13.2 Å². The molecule has 218 valence electrons. The fourth-order valence-corrected chi connectivity index (χ4v) is 5.41. The number of aromatic nitrogens is 4. The lowest BCUT2D eigenvalue weighted by Crippen LogP contribution is -2.22. The summed E-state index contributed by atoms with van der Waals surface area (Å²) in [5.74, 6) is 0.904. The average molecular weight is 603 g/mol. The van der Waals surface area contributed by atoms with Gasteiger partial charge in [0.2, 0.25) is 5.95 Å². The van der Waals surface area contributed by atoms with Gasteiger partial charge in [0.25, 0.3) is 0 Å². The van der Waals surface area contributed by atoms with Gasteiger partial charge in [-0.2, -0.15) is 5.10 Å². The molecule has 0 amide bonds. The molecule has 0 aliphatic heterocycles. The quantitative estimate of drug-likeness (QED) is 0.0830. The third-order valence-corrected chi connectivity index (χ3v) is 8.64. The zero-order valence-electron chi connectivity index (χ0n) is 24.3. The molecular formula is C32H35ClN4O4Si. The van der Waals surface area contributed by atoms with Gasteiger partial charge < -0.3 is 14.2 Å². The van der Waals surface area contributed by atoms with Gasteiger partial charge in [0.05, 0.1) is 29.4 Å². The van der Waals surface area contributed by atoms with Gasteiger partial charge in [0.1, 0.15) is 19.1 Å². The van der Waals surface area contributed by atoms with Crippen LogP contribution in [-0.2, 0) is 22.8 Å². The molecule has 0 unspecified atom stereocenters. The van der Waals surface area contributed by atoms with Crippen molar-refractivity contribution in [2.45, 2.75) is 45.9 Å². The molecule has 42 heavy (non-hydrogen) atoms. The summed E-state index contributed by atoms with van der Waals surface area (Å²) < 4.78 is 21.0. The number of carbonyl (C=O) groups is 1. The first-order valence-electron chi connectivity index (χ1n) is 14.0. The first kappa shape index (κ1) is 29.6. The lowest BCUT2D eigenvalue weighted by atomic mass is 10.0. The molecule has 0 aliphatic carbocycles. The number of imidazole rings is 1. The number of hydrogen-bond acceptors (Lipinski definition) is 6. The third kappa shape index (κ3) is 7.28. The molecule has 0 N–H and O–H groups in total. The van der Waals surface area contributed by atoms with Crippen LogP contribution >= 0.6 is 11.6 Å². The van der Waals surface area contributed by atoms with Crippen LogP contribution in [0.3, 0.4) is 0 Å². The monoisotopic (exact) mass is 602 g/mol. The molecule has 0 aliphatic rings. The predicted molar refractivity (Wildman–Crippen MR) is 168 cm³/mol. The number of benzene rings is 3. The number of halogens is 1. The summed E-state index contributed by atoms with van der Waals surface area (Å²) in [7, 11) is -1.25. The van der Waals surface area contributed by atoms with Crippen LogP contribution in [0.2, 0.25) is 30.7 Å². The molecule has 8 nitrogen and oxygen atoms in total. The Balaban J connectivity index is 1.45. The molecule has 0 spiro atoms. The molecule has 5 rings (SSSR count). The molecule has 0 saturated carbocycles. The van der Waals surface area contributed by atoms with Crippen molar-refractivity contribution >= 4 is 36.7 Å². The molecule has 2 aromatic heterocycles. The van der Waals surface area contributed by atoms with Crippen LogP contribution in [0.15, 0.2) is 79.1 Å². The summed E-state index contributed by atoms with van der Waals surface area (Å²) in [6, 6.07) is 22.8. The predicted octanol–water partition coefficient (Wildman–Crippen LogP) is 7.61. The fourth-order valence-electron chi connectivity index (χ4n) is 4.44. The second kappa shape index (κ2) is 12.9. The lowest BCUT2D eigenvalue weighted by molar-refractivity contribution is 0.0526. The summed E-state index contributed by atoms with van der Waals surface area (Å²) >= 11 is 6.12. The first-order valence-corrected chi connectivity index (χ1v) is 18.1. The first-order chi connectivity index (χ1) is 20.2. The van der Waals surface area contributed by atoms with Gasteiger partial charge >= 0.3 is 5.97 Å². The number of fused-ring (bicyclic) bond motifs is 1. The van der Waals surface area contributed by atoms with E-state index in [-0.39, 0.29) is 0 Å². The standard InChI is InChI=1S/C32H35ClN4O4Si/c1-5-40-31(38)26-19-34-37(20-26)32-35-29-13-12-25(18-30(29)36(32)22-39-14-15-42(2,3)4)24-9-7-11-28(17-24)41-21-23-8-6-10-27(33)16-23/h6-13,16-20H,5,14-15,21-22H2,1-4H3.